The molecule has 23 heavy (non-hydrogen) atoms. The Morgan fingerprint density at radius 2 is 1.87 bits per heavy atom. The molecule has 2 aliphatic rings. The standard InChI is InChI=1S/C17H14O6/c1-20-17-15-11-5-3-10(21-8-18)7-14(11)22-16(15)12-4-2-9(19)6-13(12)23-17/h2-8,15-17,19H,1H3. The predicted octanol–water partition coefficient (Wildman–Crippen LogP) is 2.51. The number of benzene rings is 2. The Labute approximate surface area is 132 Å². The highest BCUT2D eigenvalue weighted by Gasteiger charge is 2.47. The number of aromatic hydroxyl groups is 1. The minimum absolute atomic E-state index is 0.120. The lowest BCUT2D eigenvalue weighted by Crippen LogP contribution is -2.34. The summed E-state index contributed by atoms with van der Waals surface area (Å²) in [4.78, 5) is 10.5. The molecular formula is C17H14O6. The first-order valence-electron chi connectivity index (χ1n) is 7.14. The summed E-state index contributed by atoms with van der Waals surface area (Å²) >= 11 is 0. The fourth-order valence-corrected chi connectivity index (χ4v) is 3.19. The number of hydrogen-bond acceptors (Lipinski definition) is 6. The number of carbonyl (C=O) groups is 1. The van der Waals surface area contributed by atoms with Gasteiger partial charge in [0.05, 0.1) is 5.92 Å². The average molecular weight is 314 g/mol. The summed E-state index contributed by atoms with van der Waals surface area (Å²) in [5.74, 6) is 1.56. The number of rotatable bonds is 3. The van der Waals surface area contributed by atoms with Crippen LogP contribution in [0.5, 0.6) is 23.0 Å². The summed E-state index contributed by atoms with van der Waals surface area (Å²) in [6.07, 6.45) is -0.820. The monoisotopic (exact) mass is 314 g/mol. The van der Waals surface area contributed by atoms with Gasteiger partial charge in [-0.15, -0.1) is 0 Å². The van der Waals surface area contributed by atoms with Gasteiger partial charge in [0.2, 0.25) is 6.29 Å². The summed E-state index contributed by atoms with van der Waals surface area (Å²) < 4.78 is 22.3. The van der Waals surface area contributed by atoms with Gasteiger partial charge in [-0.25, -0.2) is 0 Å². The van der Waals surface area contributed by atoms with Crippen molar-refractivity contribution < 1.29 is 28.8 Å². The van der Waals surface area contributed by atoms with E-state index in [1.165, 1.54) is 0 Å². The van der Waals surface area contributed by atoms with Gasteiger partial charge in [-0.2, -0.15) is 0 Å². The molecule has 2 aliphatic heterocycles. The van der Waals surface area contributed by atoms with E-state index < -0.39 is 6.29 Å². The molecular weight excluding hydrogens is 300 g/mol. The maximum atomic E-state index is 10.5. The molecule has 0 saturated carbocycles. The summed E-state index contributed by atoms with van der Waals surface area (Å²) in [5, 5.41) is 9.65. The zero-order chi connectivity index (χ0) is 16.0. The molecule has 1 N–H and O–H groups in total. The van der Waals surface area contributed by atoms with Crippen LogP contribution < -0.4 is 14.2 Å². The van der Waals surface area contributed by atoms with E-state index in [1.54, 1.807) is 37.4 Å². The van der Waals surface area contributed by atoms with Crippen LogP contribution in [0.3, 0.4) is 0 Å². The lowest BCUT2D eigenvalue weighted by molar-refractivity contribution is -0.120. The molecule has 0 saturated heterocycles. The number of fused-ring (bicyclic) bond motifs is 5. The highest BCUT2D eigenvalue weighted by atomic mass is 16.7. The van der Waals surface area contributed by atoms with Crippen molar-refractivity contribution in [2.24, 2.45) is 0 Å². The summed E-state index contributed by atoms with van der Waals surface area (Å²) in [5.41, 5.74) is 1.77. The molecule has 3 unspecified atom stereocenters. The van der Waals surface area contributed by atoms with Gasteiger partial charge in [0, 0.05) is 30.4 Å². The van der Waals surface area contributed by atoms with Crippen LogP contribution >= 0.6 is 0 Å². The second kappa shape index (κ2) is 5.17. The maximum absolute atomic E-state index is 10.5. The van der Waals surface area contributed by atoms with Gasteiger partial charge in [-0.3, -0.25) is 4.79 Å². The molecule has 6 heteroatoms. The second-order valence-electron chi connectivity index (χ2n) is 5.42. The van der Waals surface area contributed by atoms with E-state index in [4.69, 9.17) is 18.9 Å². The van der Waals surface area contributed by atoms with E-state index in [1.807, 2.05) is 6.07 Å². The third-order valence-corrected chi connectivity index (χ3v) is 4.18. The molecule has 0 radical (unpaired) electrons. The molecule has 4 rings (SSSR count). The van der Waals surface area contributed by atoms with Crippen LogP contribution in [0.4, 0.5) is 0 Å². The van der Waals surface area contributed by atoms with Gasteiger partial charge in [-0.05, 0) is 18.2 Å². The third kappa shape index (κ3) is 2.10. The van der Waals surface area contributed by atoms with E-state index in [0.29, 0.717) is 23.7 Å². The zero-order valence-electron chi connectivity index (χ0n) is 12.3. The van der Waals surface area contributed by atoms with Crippen LogP contribution in [0.15, 0.2) is 36.4 Å². The minimum atomic E-state index is -0.534. The Morgan fingerprint density at radius 3 is 2.65 bits per heavy atom. The number of phenols is 1. The molecule has 3 atom stereocenters. The first-order valence-corrected chi connectivity index (χ1v) is 7.14. The summed E-state index contributed by atoms with van der Waals surface area (Å²) in [6, 6.07) is 10.2. The van der Waals surface area contributed by atoms with Crippen molar-refractivity contribution in [3.05, 3.63) is 47.5 Å². The van der Waals surface area contributed by atoms with Gasteiger partial charge >= 0.3 is 0 Å². The van der Waals surface area contributed by atoms with Gasteiger partial charge in [0.1, 0.15) is 29.1 Å². The van der Waals surface area contributed by atoms with Gasteiger partial charge in [0.25, 0.3) is 6.47 Å². The molecule has 0 aliphatic carbocycles. The number of ether oxygens (including phenoxy) is 4. The first-order chi connectivity index (χ1) is 11.2. The van der Waals surface area contributed by atoms with Crippen LogP contribution in [0.25, 0.3) is 0 Å². The zero-order valence-corrected chi connectivity index (χ0v) is 12.3. The van der Waals surface area contributed by atoms with Gasteiger partial charge < -0.3 is 24.1 Å². The second-order valence-corrected chi connectivity index (χ2v) is 5.42. The first kappa shape index (κ1) is 13.9. The number of carbonyl (C=O) groups excluding carboxylic acids is 1. The maximum Gasteiger partial charge on any atom is 0.298 e. The van der Waals surface area contributed by atoms with Crippen LogP contribution in [-0.2, 0) is 9.53 Å². The molecule has 0 aromatic heterocycles. The van der Waals surface area contributed by atoms with Crippen LogP contribution in [-0.4, -0.2) is 25.0 Å². The molecule has 2 aromatic rings. The SMILES string of the molecule is COC1Oc2cc(O)ccc2C2Oc3cc(OC=O)ccc3C12. The Kier molecular flexibility index (Phi) is 3.12. The number of hydrogen-bond donors (Lipinski definition) is 1. The van der Waals surface area contributed by atoms with Crippen LogP contribution in [0.2, 0.25) is 0 Å². The smallest absolute Gasteiger partial charge is 0.298 e. The molecule has 6 nitrogen and oxygen atoms in total. The fraction of sp³-hybridized carbons (Fsp3) is 0.235. The van der Waals surface area contributed by atoms with E-state index in [9.17, 15) is 9.90 Å². The Hall–Kier alpha value is -2.73. The Morgan fingerprint density at radius 1 is 1.09 bits per heavy atom. The molecule has 2 aromatic carbocycles. The topological polar surface area (TPSA) is 74.2 Å². The van der Waals surface area contributed by atoms with E-state index in [0.717, 1.165) is 11.1 Å². The largest absolute Gasteiger partial charge is 0.508 e. The normalized spacial score (nSPS) is 23.8. The minimum Gasteiger partial charge on any atom is -0.508 e. The van der Waals surface area contributed by atoms with Crippen LogP contribution in [0.1, 0.15) is 23.1 Å². The van der Waals surface area contributed by atoms with Crippen molar-refractivity contribution in [3.8, 4) is 23.0 Å². The van der Waals surface area contributed by atoms with Crippen molar-refractivity contribution in [2.45, 2.75) is 18.3 Å². The molecule has 0 fully saturated rings. The average Bonchev–Trinajstić information content (AvgIpc) is 2.92. The van der Waals surface area contributed by atoms with Gasteiger partial charge in [-0.1, -0.05) is 6.07 Å². The number of methoxy groups -OCH3 is 1. The van der Waals surface area contributed by atoms with Crippen molar-refractivity contribution in [2.75, 3.05) is 7.11 Å². The highest BCUT2D eigenvalue weighted by Crippen LogP contribution is 2.54. The Balaban J connectivity index is 1.79. The molecule has 2 heterocycles. The quantitative estimate of drug-likeness (QED) is 0.878. The third-order valence-electron chi connectivity index (χ3n) is 4.18. The summed E-state index contributed by atoms with van der Waals surface area (Å²) in [7, 11) is 1.57. The van der Waals surface area contributed by atoms with Crippen LogP contribution in [0, 0.1) is 0 Å². The predicted molar refractivity (Wildman–Crippen MR) is 78.8 cm³/mol. The van der Waals surface area contributed by atoms with E-state index in [-0.39, 0.29) is 17.8 Å². The highest BCUT2D eigenvalue weighted by molar-refractivity contribution is 5.54. The molecule has 0 amide bonds. The molecule has 0 bridgehead atoms. The Bertz CT molecular complexity index is 772. The van der Waals surface area contributed by atoms with E-state index >= 15 is 0 Å². The van der Waals surface area contributed by atoms with E-state index in [2.05, 4.69) is 0 Å². The molecule has 118 valence electrons. The lowest BCUT2D eigenvalue weighted by Gasteiger charge is -2.33. The van der Waals surface area contributed by atoms with Gasteiger partial charge in [0.15, 0.2) is 0 Å². The fourth-order valence-electron chi connectivity index (χ4n) is 3.19. The lowest BCUT2D eigenvalue weighted by atomic mass is 9.88. The van der Waals surface area contributed by atoms with Crippen molar-refractivity contribution >= 4 is 6.47 Å². The molecule has 0 spiro atoms. The summed E-state index contributed by atoms with van der Waals surface area (Å²) in [6.45, 7) is 0.378. The van der Waals surface area contributed by atoms with Crippen molar-refractivity contribution in [1.82, 2.24) is 0 Å². The number of phenolic OH excluding ortho intramolecular Hbond substituents is 1. The van der Waals surface area contributed by atoms with Crippen molar-refractivity contribution in [1.29, 1.82) is 0 Å². The van der Waals surface area contributed by atoms with Crippen molar-refractivity contribution in [3.63, 3.8) is 0 Å².